The van der Waals surface area contributed by atoms with E-state index in [1.165, 1.54) is 0 Å². The summed E-state index contributed by atoms with van der Waals surface area (Å²) in [7, 11) is 0. The minimum atomic E-state index is 0.0668. The Kier molecular flexibility index (Phi) is 6.00. The summed E-state index contributed by atoms with van der Waals surface area (Å²) in [4.78, 5) is 14.7. The minimum Gasteiger partial charge on any atom is -0.333 e. The SMILES string of the molecule is Cc1ccc(Br)cc1C(=O)N(CCBr)Cc1ccccc1. The average Bonchev–Trinajstić information content (AvgIpc) is 2.49. The fourth-order valence-corrected chi connectivity index (χ4v) is 2.94. The Balaban J connectivity index is 2.25. The van der Waals surface area contributed by atoms with E-state index in [-0.39, 0.29) is 5.91 Å². The second-order valence-corrected chi connectivity index (χ2v) is 6.57. The molecule has 0 heterocycles. The molecule has 0 spiro atoms. The Morgan fingerprint density at radius 2 is 1.86 bits per heavy atom. The van der Waals surface area contributed by atoms with Gasteiger partial charge in [-0.3, -0.25) is 4.79 Å². The van der Waals surface area contributed by atoms with Crippen molar-refractivity contribution in [1.82, 2.24) is 4.90 Å². The average molecular weight is 411 g/mol. The molecule has 0 aliphatic carbocycles. The standard InChI is InChI=1S/C17H17Br2NO/c1-13-7-8-15(19)11-16(13)17(21)20(10-9-18)12-14-5-3-2-4-6-14/h2-8,11H,9-10,12H2,1H3. The van der Waals surface area contributed by atoms with Gasteiger partial charge in [-0.05, 0) is 30.2 Å². The molecule has 0 radical (unpaired) electrons. The molecule has 21 heavy (non-hydrogen) atoms. The van der Waals surface area contributed by atoms with Crippen molar-refractivity contribution in [2.45, 2.75) is 13.5 Å². The number of nitrogens with zero attached hydrogens (tertiary/aromatic N) is 1. The molecule has 0 N–H and O–H groups in total. The molecule has 2 rings (SSSR count). The van der Waals surface area contributed by atoms with Gasteiger partial charge in [0.25, 0.3) is 5.91 Å². The van der Waals surface area contributed by atoms with Crippen molar-refractivity contribution in [3.63, 3.8) is 0 Å². The number of amides is 1. The lowest BCUT2D eigenvalue weighted by molar-refractivity contribution is 0.0754. The van der Waals surface area contributed by atoms with Gasteiger partial charge in [-0.2, -0.15) is 0 Å². The van der Waals surface area contributed by atoms with Crippen LogP contribution in [-0.2, 0) is 6.54 Å². The lowest BCUT2D eigenvalue weighted by atomic mass is 10.1. The zero-order valence-corrected chi connectivity index (χ0v) is 15.0. The number of carbonyl (C=O) groups is 1. The number of alkyl halides is 1. The van der Waals surface area contributed by atoms with Gasteiger partial charge in [0, 0.05) is 28.5 Å². The van der Waals surface area contributed by atoms with Gasteiger partial charge in [0.05, 0.1) is 0 Å². The van der Waals surface area contributed by atoms with Crippen LogP contribution >= 0.6 is 31.9 Å². The molecule has 0 bridgehead atoms. The van der Waals surface area contributed by atoms with Crippen LogP contribution in [0.5, 0.6) is 0 Å². The van der Waals surface area contributed by atoms with Crippen molar-refractivity contribution in [1.29, 1.82) is 0 Å². The molecular formula is C17H17Br2NO. The Morgan fingerprint density at radius 3 is 2.52 bits per heavy atom. The van der Waals surface area contributed by atoms with E-state index >= 15 is 0 Å². The van der Waals surface area contributed by atoms with Crippen LogP contribution in [0.15, 0.2) is 53.0 Å². The number of aryl methyl sites for hydroxylation is 1. The number of rotatable bonds is 5. The highest BCUT2D eigenvalue weighted by Crippen LogP contribution is 2.19. The van der Waals surface area contributed by atoms with Crippen LogP contribution in [0.4, 0.5) is 0 Å². The third-order valence-electron chi connectivity index (χ3n) is 3.29. The predicted octanol–water partition coefficient (Wildman–Crippen LogP) is 4.79. The maximum Gasteiger partial charge on any atom is 0.254 e. The Hall–Kier alpha value is -1.13. The van der Waals surface area contributed by atoms with Gasteiger partial charge in [-0.1, -0.05) is 68.3 Å². The van der Waals surface area contributed by atoms with Crippen LogP contribution in [0.25, 0.3) is 0 Å². The summed E-state index contributed by atoms with van der Waals surface area (Å²) >= 11 is 6.87. The predicted molar refractivity (Wildman–Crippen MR) is 93.9 cm³/mol. The third kappa shape index (κ3) is 4.42. The zero-order valence-electron chi connectivity index (χ0n) is 11.9. The zero-order chi connectivity index (χ0) is 15.2. The van der Waals surface area contributed by atoms with E-state index in [0.29, 0.717) is 13.1 Å². The number of hydrogen-bond acceptors (Lipinski definition) is 1. The molecule has 0 aliphatic heterocycles. The number of halogens is 2. The van der Waals surface area contributed by atoms with Gasteiger partial charge in [0.1, 0.15) is 0 Å². The first-order valence-corrected chi connectivity index (χ1v) is 8.68. The Bertz CT molecular complexity index is 613. The molecule has 110 valence electrons. The fraction of sp³-hybridized carbons (Fsp3) is 0.235. The van der Waals surface area contributed by atoms with Crippen LogP contribution in [0.3, 0.4) is 0 Å². The molecule has 2 aromatic rings. The quantitative estimate of drug-likeness (QED) is 0.648. The van der Waals surface area contributed by atoms with E-state index in [1.807, 2.05) is 60.4 Å². The summed E-state index contributed by atoms with van der Waals surface area (Å²) in [5.74, 6) is 0.0668. The third-order valence-corrected chi connectivity index (χ3v) is 4.14. The summed E-state index contributed by atoms with van der Waals surface area (Å²) in [6.45, 7) is 3.27. The maximum absolute atomic E-state index is 12.8. The van der Waals surface area contributed by atoms with Crippen LogP contribution in [0.1, 0.15) is 21.5 Å². The highest BCUT2D eigenvalue weighted by atomic mass is 79.9. The largest absolute Gasteiger partial charge is 0.333 e. The van der Waals surface area contributed by atoms with Gasteiger partial charge in [0.2, 0.25) is 0 Å². The first-order chi connectivity index (χ1) is 10.1. The Labute approximate surface area is 142 Å². The van der Waals surface area contributed by atoms with Crippen molar-refractivity contribution in [2.75, 3.05) is 11.9 Å². The van der Waals surface area contributed by atoms with E-state index in [1.54, 1.807) is 0 Å². The van der Waals surface area contributed by atoms with E-state index in [4.69, 9.17) is 0 Å². The van der Waals surface area contributed by atoms with Gasteiger partial charge >= 0.3 is 0 Å². The molecular weight excluding hydrogens is 394 g/mol. The van der Waals surface area contributed by atoms with Crippen LogP contribution in [0.2, 0.25) is 0 Å². The lowest BCUT2D eigenvalue weighted by Gasteiger charge is -2.23. The monoisotopic (exact) mass is 409 g/mol. The number of hydrogen-bond donors (Lipinski definition) is 0. The normalized spacial score (nSPS) is 10.4. The first kappa shape index (κ1) is 16.2. The topological polar surface area (TPSA) is 20.3 Å². The number of benzene rings is 2. The van der Waals surface area contributed by atoms with Gasteiger partial charge in [0.15, 0.2) is 0 Å². The van der Waals surface area contributed by atoms with Crippen molar-refractivity contribution in [2.24, 2.45) is 0 Å². The molecule has 4 heteroatoms. The summed E-state index contributed by atoms with van der Waals surface area (Å²) < 4.78 is 0.926. The van der Waals surface area contributed by atoms with Gasteiger partial charge < -0.3 is 4.90 Å². The summed E-state index contributed by atoms with van der Waals surface area (Å²) in [5, 5.41) is 0.763. The molecule has 2 aromatic carbocycles. The second-order valence-electron chi connectivity index (χ2n) is 4.86. The molecule has 0 fully saturated rings. The maximum atomic E-state index is 12.8. The first-order valence-electron chi connectivity index (χ1n) is 6.77. The van der Waals surface area contributed by atoms with Crippen molar-refractivity contribution in [3.8, 4) is 0 Å². The molecule has 2 nitrogen and oxygen atoms in total. The second kappa shape index (κ2) is 7.76. The molecule has 1 amide bonds. The molecule has 0 saturated carbocycles. The smallest absolute Gasteiger partial charge is 0.254 e. The summed E-state index contributed by atoms with van der Waals surface area (Å²) in [6.07, 6.45) is 0. The van der Waals surface area contributed by atoms with E-state index in [0.717, 1.165) is 26.5 Å². The summed E-state index contributed by atoms with van der Waals surface area (Å²) in [6, 6.07) is 15.9. The Morgan fingerprint density at radius 1 is 1.14 bits per heavy atom. The van der Waals surface area contributed by atoms with Crippen molar-refractivity contribution in [3.05, 3.63) is 69.7 Å². The summed E-state index contributed by atoms with van der Waals surface area (Å²) in [5.41, 5.74) is 2.89. The highest BCUT2D eigenvalue weighted by Gasteiger charge is 2.17. The van der Waals surface area contributed by atoms with Gasteiger partial charge in [-0.25, -0.2) is 0 Å². The fourth-order valence-electron chi connectivity index (χ4n) is 2.15. The number of carbonyl (C=O) groups excluding carboxylic acids is 1. The van der Waals surface area contributed by atoms with E-state index in [9.17, 15) is 4.79 Å². The highest BCUT2D eigenvalue weighted by molar-refractivity contribution is 9.10. The lowest BCUT2D eigenvalue weighted by Crippen LogP contribution is -2.32. The molecule has 0 atom stereocenters. The van der Waals surface area contributed by atoms with E-state index < -0.39 is 0 Å². The molecule has 0 unspecified atom stereocenters. The molecule has 0 aliphatic rings. The van der Waals surface area contributed by atoms with Crippen molar-refractivity contribution >= 4 is 37.8 Å². The van der Waals surface area contributed by atoms with Gasteiger partial charge in [-0.15, -0.1) is 0 Å². The molecule has 0 aromatic heterocycles. The van der Waals surface area contributed by atoms with Crippen LogP contribution in [-0.4, -0.2) is 22.7 Å². The minimum absolute atomic E-state index is 0.0668. The molecule has 0 saturated heterocycles. The van der Waals surface area contributed by atoms with Crippen LogP contribution < -0.4 is 0 Å². The van der Waals surface area contributed by atoms with E-state index in [2.05, 4.69) is 31.9 Å². The van der Waals surface area contributed by atoms with Crippen molar-refractivity contribution < 1.29 is 4.79 Å². The van der Waals surface area contributed by atoms with Crippen LogP contribution in [0, 0.1) is 6.92 Å².